The number of halogens is 3. The molecule has 0 aliphatic rings. The van der Waals surface area contributed by atoms with E-state index in [9.17, 15) is 18.0 Å². The Morgan fingerprint density at radius 3 is 2.56 bits per heavy atom. The van der Waals surface area contributed by atoms with Crippen LogP contribution in [0.1, 0.15) is 6.92 Å². The van der Waals surface area contributed by atoms with Crippen LogP contribution in [0.4, 0.5) is 42.0 Å². The summed E-state index contributed by atoms with van der Waals surface area (Å²) in [5.74, 6) is -4.33. The van der Waals surface area contributed by atoms with Gasteiger partial charge in [0.05, 0.1) is 11.9 Å². The van der Waals surface area contributed by atoms with Crippen molar-refractivity contribution < 1.29 is 18.0 Å². The summed E-state index contributed by atoms with van der Waals surface area (Å²) in [6.07, 6.45) is 1.19. The van der Waals surface area contributed by atoms with E-state index in [-0.39, 0.29) is 23.4 Å². The first-order valence-corrected chi connectivity index (χ1v) is 7.67. The molecule has 3 rings (SSSR count). The summed E-state index contributed by atoms with van der Waals surface area (Å²) in [6.45, 7) is 1.39. The van der Waals surface area contributed by atoms with E-state index in [1.54, 1.807) is 24.3 Å². The van der Waals surface area contributed by atoms with Crippen LogP contribution in [0, 0.1) is 17.5 Å². The normalized spacial score (nSPS) is 10.4. The van der Waals surface area contributed by atoms with Gasteiger partial charge in [0, 0.05) is 18.3 Å². The number of hydrogen-bond acceptors (Lipinski definition) is 6. The minimum Gasteiger partial charge on any atom is -0.336 e. The molecule has 7 nitrogen and oxygen atoms in total. The van der Waals surface area contributed by atoms with E-state index in [0.29, 0.717) is 11.4 Å². The van der Waals surface area contributed by atoms with Crippen molar-refractivity contribution in [3.63, 3.8) is 0 Å². The lowest BCUT2D eigenvalue weighted by Gasteiger charge is -2.10. The van der Waals surface area contributed by atoms with Gasteiger partial charge in [-0.25, -0.2) is 13.2 Å². The lowest BCUT2D eigenvalue weighted by atomic mass is 10.2. The maximum absolute atomic E-state index is 13.8. The maximum Gasteiger partial charge on any atom is 0.249 e. The van der Waals surface area contributed by atoms with E-state index in [4.69, 9.17) is 0 Å². The third-order valence-electron chi connectivity index (χ3n) is 3.30. The molecule has 0 spiro atoms. The van der Waals surface area contributed by atoms with Gasteiger partial charge in [0.2, 0.25) is 11.9 Å². The predicted molar refractivity (Wildman–Crippen MR) is 93.5 cm³/mol. The van der Waals surface area contributed by atoms with Gasteiger partial charge in [0.25, 0.3) is 0 Å². The first-order chi connectivity index (χ1) is 12.9. The van der Waals surface area contributed by atoms with Crippen LogP contribution in [0.15, 0.2) is 42.6 Å². The van der Waals surface area contributed by atoms with Crippen LogP contribution in [-0.2, 0) is 4.79 Å². The third-order valence-corrected chi connectivity index (χ3v) is 3.30. The summed E-state index contributed by atoms with van der Waals surface area (Å²) >= 11 is 0. The highest BCUT2D eigenvalue weighted by atomic mass is 19.2. The van der Waals surface area contributed by atoms with Crippen molar-refractivity contribution in [1.82, 2.24) is 15.2 Å². The van der Waals surface area contributed by atoms with Gasteiger partial charge < -0.3 is 16.0 Å². The third kappa shape index (κ3) is 4.48. The Balaban J connectivity index is 1.78. The zero-order valence-electron chi connectivity index (χ0n) is 13.9. The van der Waals surface area contributed by atoms with Crippen molar-refractivity contribution >= 4 is 34.7 Å². The summed E-state index contributed by atoms with van der Waals surface area (Å²) in [7, 11) is 0. The molecule has 2 aromatic carbocycles. The molecule has 0 unspecified atom stereocenters. The van der Waals surface area contributed by atoms with Gasteiger partial charge in [-0.3, -0.25) is 4.79 Å². The second kappa shape index (κ2) is 7.68. The van der Waals surface area contributed by atoms with Gasteiger partial charge in [-0.05, 0) is 30.3 Å². The number of carbonyl (C=O) groups is 1. The molecule has 0 saturated heterocycles. The average molecular weight is 374 g/mol. The van der Waals surface area contributed by atoms with Gasteiger partial charge in [0.15, 0.2) is 23.3 Å². The molecule has 10 heteroatoms. The molecule has 0 saturated carbocycles. The van der Waals surface area contributed by atoms with Gasteiger partial charge in [0.1, 0.15) is 0 Å². The van der Waals surface area contributed by atoms with E-state index in [1.807, 2.05) is 0 Å². The highest BCUT2D eigenvalue weighted by Gasteiger charge is 2.14. The topological polar surface area (TPSA) is 91.8 Å². The molecular weight excluding hydrogens is 361 g/mol. The summed E-state index contributed by atoms with van der Waals surface area (Å²) in [5.41, 5.74) is 0.839. The number of nitrogens with zero attached hydrogens (tertiary/aromatic N) is 3. The number of aromatic nitrogens is 3. The van der Waals surface area contributed by atoms with Crippen molar-refractivity contribution in [3.05, 3.63) is 60.0 Å². The Morgan fingerprint density at radius 1 is 1.00 bits per heavy atom. The van der Waals surface area contributed by atoms with Crippen molar-refractivity contribution in [2.75, 3.05) is 16.0 Å². The molecule has 3 aromatic rings. The Hall–Kier alpha value is -3.69. The number of amides is 1. The minimum absolute atomic E-state index is 0.0652. The second-order valence-corrected chi connectivity index (χ2v) is 5.40. The molecule has 27 heavy (non-hydrogen) atoms. The van der Waals surface area contributed by atoms with Crippen molar-refractivity contribution in [1.29, 1.82) is 0 Å². The molecule has 138 valence electrons. The Labute approximate surface area is 151 Å². The molecule has 1 aromatic heterocycles. The van der Waals surface area contributed by atoms with Crippen LogP contribution in [0.5, 0.6) is 0 Å². The fourth-order valence-corrected chi connectivity index (χ4v) is 2.18. The number of nitrogens with one attached hydrogen (secondary N) is 3. The van der Waals surface area contributed by atoms with Crippen LogP contribution in [-0.4, -0.2) is 21.1 Å². The Morgan fingerprint density at radius 2 is 1.78 bits per heavy atom. The van der Waals surface area contributed by atoms with E-state index in [1.165, 1.54) is 13.1 Å². The van der Waals surface area contributed by atoms with Crippen molar-refractivity contribution in [2.45, 2.75) is 6.92 Å². The van der Waals surface area contributed by atoms with Gasteiger partial charge in [-0.15, -0.1) is 5.10 Å². The molecule has 0 aliphatic carbocycles. The van der Waals surface area contributed by atoms with E-state index < -0.39 is 17.5 Å². The SMILES string of the molecule is CC(=O)Nc1cccc(Nc2nncc(Nc3ccc(F)c(F)c3F)n2)c1. The predicted octanol–water partition coefficient (Wildman–Crippen LogP) is 3.73. The summed E-state index contributed by atoms with van der Waals surface area (Å²) < 4.78 is 40.1. The molecule has 0 aliphatic heterocycles. The summed E-state index contributed by atoms with van der Waals surface area (Å²) in [4.78, 5) is 15.2. The number of hydrogen-bond donors (Lipinski definition) is 3. The van der Waals surface area contributed by atoms with Crippen molar-refractivity contribution in [3.8, 4) is 0 Å². The zero-order valence-corrected chi connectivity index (χ0v) is 13.9. The van der Waals surface area contributed by atoms with E-state index >= 15 is 0 Å². The first-order valence-electron chi connectivity index (χ1n) is 7.67. The van der Waals surface area contributed by atoms with Crippen molar-refractivity contribution in [2.24, 2.45) is 0 Å². The average Bonchev–Trinajstić information content (AvgIpc) is 2.62. The first kappa shape index (κ1) is 18.1. The van der Waals surface area contributed by atoms with Crippen LogP contribution < -0.4 is 16.0 Å². The molecule has 0 fully saturated rings. The quantitative estimate of drug-likeness (QED) is 0.590. The Kier molecular flexibility index (Phi) is 5.15. The van der Waals surface area contributed by atoms with Gasteiger partial charge in [-0.2, -0.15) is 10.1 Å². The minimum atomic E-state index is -1.59. The number of anilines is 5. The summed E-state index contributed by atoms with van der Waals surface area (Å²) in [6, 6.07) is 8.61. The number of rotatable bonds is 5. The maximum atomic E-state index is 13.8. The molecule has 0 radical (unpaired) electrons. The number of benzene rings is 2. The second-order valence-electron chi connectivity index (χ2n) is 5.40. The van der Waals surface area contributed by atoms with Crippen LogP contribution in [0.2, 0.25) is 0 Å². The van der Waals surface area contributed by atoms with Crippen LogP contribution >= 0.6 is 0 Å². The molecule has 0 atom stereocenters. The highest BCUT2D eigenvalue weighted by molar-refractivity contribution is 5.89. The summed E-state index contributed by atoms with van der Waals surface area (Å²) in [5, 5.41) is 15.5. The monoisotopic (exact) mass is 374 g/mol. The molecular formula is C17H13F3N6O. The molecule has 0 bridgehead atoms. The largest absolute Gasteiger partial charge is 0.336 e. The highest BCUT2D eigenvalue weighted by Crippen LogP contribution is 2.23. The molecule has 1 amide bonds. The van der Waals surface area contributed by atoms with Crippen LogP contribution in [0.3, 0.4) is 0 Å². The van der Waals surface area contributed by atoms with Gasteiger partial charge in [-0.1, -0.05) is 6.07 Å². The van der Waals surface area contributed by atoms with Crippen LogP contribution in [0.25, 0.3) is 0 Å². The fourth-order valence-electron chi connectivity index (χ4n) is 2.18. The lowest BCUT2D eigenvalue weighted by Crippen LogP contribution is -2.06. The number of carbonyl (C=O) groups excluding carboxylic acids is 1. The Bertz CT molecular complexity index is 998. The zero-order chi connectivity index (χ0) is 19.4. The smallest absolute Gasteiger partial charge is 0.249 e. The van der Waals surface area contributed by atoms with E-state index in [2.05, 4.69) is 31.1 Å². The van der Waals surface area contributed by atoms with E-state index in [0.717, 1.165) is 12.1 Å². The molecule has 1 heterocycles. The fraction of sp³-hybridized carbons (Fsp3) is 0.0588. The lowest BCUT2D eigenvalue weighted by molar-refractivity contribution is -0.114. The van der Waals surface area contributed by atoms with Gasteiger partial charge >= 0.3 is 0 Å². The standard InChI is InChI=1S/C17H13F3N6O/c1-9(27)22-10-3-2-4-11(7-10)23-17-25-14(8-21-26-17)24-13-6-5-12(18)15(19)16(13)20/h2-8H,1H3,(H,22,27)(H2,23,24,25,26). The molecule has 3 N–H and O–H groups in total.